The molecule has 0 atom stereocenters. The summed E-state index contributed by atoms with van der Waals surface area (Å²) in [5.41, 5.74) is 2.27. The molecular formula is C20H20ClN3O3S. The number of urea groups is 1. The van der Waals surface area contributed by atoms with E-state index >= 15 is 0 Å². The second-order valence-corrected chi connectivity index (χ2v) is 7.37. The molecule has 2 N–H and O–H groups in total. The quantitative estimate of drug-likeness (QED) is 0.584. The summed E-state index contributed by atoms with van der Waals surface area (Å²) in [6.45, 7) is 2.27. The minimum absolute atomic E-state index is 0.348. The van der Waals surface area contributed by atoms with Crippen molar-refractivity contribution in [3.8, 4) is 22.1 Å². The highest BCUT2D eigenvalue weighted by molar-refractivity contribution is 7.15. The molecule has 6 nitrogen and oxygen atoms in total. The number of aromatic nitrogens is 1. The van der Waals surface area contributed by atoms with Crippen molar-refractivity contribution >= 4 is 34.7 Å². The molecule has 0 saturated heterocycles. The van der Waals surface area contributed by atoms with Gasteiger partial charge in [-0.25, -0.2) is 9.78 Å². The molecule has 3 aromatic rings. The minimum atomic E-state index is -0.348. The van der Waals surface area contributed by atoms with E-state index in [0.29, 0.717) is 28.8 Å². The summed E-state index contributed by atoms with van der Waals surface area (Å²) in [6.07, 6.45) is 0. The van der Waals surface area contributed by atoms with E-state index < -0.39 is 0 Å². The SMILES string of the molecule is COc1ccc(OC)c(NC(=O)NCc2sc(-c3ccccc3Cl)nc2C)c1. The molecule has 0 aliphatic heterocycles. The number of methoxy groups -OCH3 is 2. The summed E-state index contributed by atoms with van der Waals surface area (Å²) in [5.74, 6) is 1.17. The highest BCUT2D eigenvalue weighted by Gasteiger charge is 2.14. The lowest BCUT2D eigenvalue weighted by Gasteiger charge is -2.12. The number of amides is 2. The molecule has 0 saturated carbocycles. The van der Waals surface area contributed by atoms with Crippen molar-refractivity contribution in [2.45, 2.75) is 13.5 Å². The predicted octanol–water partition coefficient (Wildman–Crippen LogP) is 5.11. The Balaban J connectivity index is 1.68. The summed E-state index contributed by atoms with van der Waals surface area (Å²) >= 11 is 7.76. The van der Waals surface area contributed by atoms with Crippen molar-refractivity contribution in [1.82, 2.24) is 10.3 Å². The van der Waals surface area contributed by atoms with Crippen molar-refractivity contribution < 1.29 is 14.3 Å². The maximum atomic E-state index is 12.3. The van der Waals surface area contributed by atoms with Gasteiger partial charge in [-0.2, -0.15) is 0 Å². The second kappa shape index (κ2) is 8.95. The summed E-state index contributed by atoms with van der Waals surface area (Å²) in [6, 6.07) is 12.4. The number of rotatable bonds is 6. The van der Waals surface area contributed by atoms with Crippen LogP contribution in [0, 0.1) is 6.92 Å². The van der Waals surface area contributed by atoms with Crippen LogP contribution in [-0.2, 0) is 6.54 Å². The number of anilines is 1. The number of ether oxygens (including phenoxy) is 2. The zero-order valence-electron chi connectivity index (χ0n) is 15.7. The van der Waals surface area contributed by atoms with Gasteiger partial charge in [0.05, 0.1) is 37.2 Å². The lowest BCUT2D eigenvalue weighted by Crippen LogP contribution is -2.28. The zero-order chi connectivity index (χ0) is 20.1. The van der Waals surface area contributed by atoms with Gasteiger partial charge in [-0.1, -0.05) is 29.8 Å². The van der Waals surface area contributed by atoms with Crippen LogP contribution in [0.3, 0.4) is 0 Å². The number of aryl methyl sites for hydroxylation is 1. The third-order valence-corrected chi connectivity index (χ3v) is 5.58. The Labute approximate surface area is 172 Å². The largest absolute Gasteiger partial charge is 0.497 e. The standard InChI is InChI=1S/C20H20ClN3O3S/c1-12-18(28-19(23-12)14-6-4-5-7-15(14)21)11-22-20(25)24-16-10-13(26-2)8-9-17(16)27-3/h4-10H,11H2,1-3H3,(H2,22,24,25). The van der Waals surface area contributed by atoms with Crippen LogP contribution in [0.25, 0.3) is 10.6 Å². The monoisotopic (exact) mass is 417 g/mol. The molecular weight excluding hydrogens is 398 g/mol. The van der Waals surface area contributed by atoms with Gasteiger partial charge in [0.15, 0.2) is 0 Å². The number of hydrogen-bond acceptors (Lipinski definition) is 5. The Kier molecular flexibility index (Phi) is 6.38. The molecule has 0 unspecified atom stereocenters. The van der Waals surface area contributed by atoms with E-state index in [4.69, 9.17) is 21.1 Å². The molecule has 28 heavy (non-hydrogen) atoms. The number of halogens is 1. The number of carbonyl (C=O) groups is 1. The first kappa shape index (κ1) is 20.0. The fourth-order valence-corrected chi connectivity index (χ4v) is 3.90. The van der Waals surface area contributed by atoms with Gasteiger partial charge in [-0.3, -0.25) is 0 Å². The van der Waals surface area contributed by atoms with E-state index in [9.17, 15) is 4.79 Å². The van der Waals surface area contributed by atoms with Gasteiger partial charge >= 0.3 is 6.03 Å². The first-order chi connectivity index (χ1) is 13.5. The smallest absolute Gasteiger partial charge is 0.319 e. The first-order valence-electron chi connectivity index (χ1n) is 8.50. The van der Waals surface area contributed by atoms with Crippen LogP contribution >= 0.6 is 22.9 Å². The van der Waals surface area contributed by atoms with E-state index in [2.05, 4.69) is 15.6 Å². The Morgan fingerprint density at radius 1 is 1.18 bits per heavy atom. The number of nitrogens with one attached hydrogen (secondary N) is 2. The molecule has 2 amide bonds. The summed E-state index contributed by atoms with van der Waals surface area (Å²) in [7, 11) is 3.11. The average molecular weight is 418 g/mol. The number of thiazole rings is 1. The highest BCUT2D eigenvalue weighted by Crippen LogP contribution is 2.33. The van der Waals surface area contributed by atoms with E-state index in [1.165, 1.54) is 11.3 Å². The van der Waals surface area contributed by atoms with Crippen LogP contribution in [0.5, 0.6) is 11.5 Å². The molecule has 146 valence electrons. The van der Waals surface area contributed by atoms with Gasteiger partial charge in [0.25, 0.3) is 0 Å². The first-order valence-corrected chi connectivity index (χ1v) is 9.69. The fraction of sp³-hybridized carbons (Fsp3) is 0.200. The van der Waals surface area contributed by atoms with Crippen molar-refractivity contribution in [3.05, 3.63) is 58.1 Å². The molecule has 3 rings (SSSR count). The third-order valence-electron chi connectivity index (χ3n) is 4.06. The Bertz CT molecular complexity index is 991. The molecule has 0 aliphatic rings. The minimum Gasteiger partial charge on any atom is -0.497 e. The maximum Gasteiger partial charge on any atom is 0.319 e. The maximum absolute atomic E-state index is 12.3. The van der Waals surface area contributed by atoms with Crippen LogP contribution in [0.4, 0.5) is 10.5 Å². The van der Waals surface area contributed by atoms with E-state index in [0.717, 1.165) is 21.1 Å². The fourth-order valence-electron chi connectivity index (χ4n) is 2.58. The Hall–Kier alpha value is -2.77. The third kappa shape index (κ3) is 4.55. The number of benzene rings is 2. The molecule has 0 aliphatic carbocycles. The van der Waals surface area contributed by atoms with Crippen molar-refractivity contribution in [3.63, 3.8) is 0 Å². The second-order valence-electron chi connectivity index (χ2n) is 5.88. The number of nitrogens with zero attached hydrogens (tertiary/aromatic N) is 1. The van der Waals surface area contributed by atoms with Crippen LogP contribution in [0.15, 0.2) is 42.5 Å². The number of hydrogen-bond donors (Lipinski definition) is 2. The van der Waals surface area contributed by atoms with E-state index in [1.54, 1.807) is 32.4 Å². The van der Waals surface area contributed by atoms with E-state index in [-0.39, 0.29) is 6.03 Å². The Morgan fingerprint density at radius 2 is 1.96 bits per heavy atom. The molecule has 1 heterocycles. The van der Waals surface area contributed by atoms with Gasteiger partial charge in [0, 0.05) is 16.5 Å². The molecule has 0 fully saturated rings. The normalized spacial score (nSPS) is 10.4. The lowest BCUT2D eigenvalue weighted by atomic mass is 10.2. The molecule has 0 bridgehead atoms. The van der Waals surface area contributed by atoms with Crippen molar-refractivity contribution in [2.24, 2.45) is 0 Å². The van der Waals surface area contributed by atoms with Gasteiger partial charge in [0.2, 0.25) is 0 Å². The van der Waals surface area contributed by atoms with Crippen molar-refractivity contribution in [1.29, 1.82) is 0 Å². The summed E-state index contributed by atoms with van der Waals surface area (Å²) in [4.78, 5) is 17.9. The van der Waals surface area contributed by atoms with Gasteiger partial charge in [-0.15, -0.1) is 11.3 Å². The van der Waals surface area contributed by atoms with Crippen LogP contribution in [0.1, 0.15) is 10.6 Å². The summed E-state index contributed by atoms with van der Waals surface area (Å²) < 4.78 is 10.5. The van der Waals surface area contributed by atoms with Crippen molar-refractivity contribution in [2.75, 3.05) is 19.5 Å². The van der Waals surface area contributed by atoms with Gasteiger partial charge in [-0.05, 0) is 25.1 Å². The lowest BCUT2D eigenvalue weighted by molar-refractivity contribution is 0.251. The van der Waals surface area contributed by atoms with Gasteiger partial charge < -0.3 is 20.1 Å². The van der Waals surface area contributed by atoms with Crippen LogP contribution < -0.4 is 20.1 Å². The molecule has 0 radical (unpaired) electrons. The van der Waals surface area contributed by atoms with Crippen LogP contribution in [-0.4, -0.2) is 25.2 Å². The highest BCUT2D eigenvalue weighted by atomic mass is 35.5. The molecule has 8 heteroatoms. The average Bonchev–Trinajstić information content (AvgIpc) is 3.07. The predicted molar refractivity (Wildman–Crippen MR) is 113 cm³/mol. The molecule has 2 aromatic carbocycles. The topological polar surface area (TPSA) is 72.5 Å². The van der Waals surface area contributed by atoms with E-state index in [1.807, 2.05) is 31.2 Å². The molecule has 0 spiro atoms. The Morgan fingerprint density at radius 3 is 2.68 bits per heavy atom. The zero-order valence-corrected chi connectivity index (χ0v) is 17.3. The van der Waals surface area contributed by atoms with Crippen LogP contribution in [0.2, 0.25) is 5.02 Å². The molecule has 1 aromatic heterocycles. The van der Waals surface area contributed by atoms with Gasteiger partial charge in [0.1, 0.15) is 16.5 Å². The summed E-state index contributed by atoms with van der Waals surface area (Å²) in [5, 5.41) is 7.11. The number of carbonyl (C=O) groups excluding carboxylic acids is 1.